The normalized spacial score (nSPS) is 16.1. The largest absolute Gasteiger partial charge is 0.416 e. The average Bonchev–Trinajstić information content (AvgIpc) is 3.40. The van der Waals surface area contributed by atoms with Crippen LogP contribution in [0.15, 0.2) is 77.8 Å². The predicted octanol–water partition coefficient (Wildman–Crippen LogP) is 6.49. The van der Waals surface area contributed by atoms with Crippen LogP contribution < -0.4 is 5.73 Å². The summed E-state index contributed by atoms with van der Waals surface area (Å²) >= 11 is 6.62. The lowest BCUT2D eigenvalue weighted by molar-refractivity contribution is -0.138. The van der Waals surface area contributed by atoms with Crippen molar-refractivity contribution in [3.05, 3.63) is 105 Å². The highest BCUT2D eigenvalue weighted by atomic mass is 35.5. The quantitative estimate of drug-likeness (QED) is 0.274. The van der Waals surface area contributed by atoms with E-state index < -0.39 is 28.9 Å². The standard InChI is InChI=1S/C27H20ClF3N4O2S/c28-20-8-7-18(21(12-20)27(29,30)31)14-35-23-9-6-16(10-19(23)13-33-35)11-24-25(36)34(26(37)38-24)15-22(32)17-4-2-1-3-5-17/h1-13,22H,14-15,32H2/b24-11-/t22-/m1/s1. The molecule has 6 nitrogen and oxygen atoms in total. The molecule has 2 amide bonds. The topological polar surface area (TPSA) is 81.2 Å². The van der Waals surface area contributed by atoms with Gasteiger partial charge >= 0.3 is 6.18 Å². The van der Waals surface area contributed by atoms with Crippen LogP contribution in [-0.2, 0) is 17.5 Å². The van der Waals surface area contributed by atoms with Gasteiger partial charge in [-0.3, -0.25) is 19.2 Å². The average molecular weight is 557 g/mol. The Morgan fingerprint density at radius 1 is 1.05 bits per heavy atom. The molecular weight excluding hydrogens is 537 g/mol. The van der Waals surface area contributed by atoms with E-state index in [4.69, 9.17) is 17.3 Å². The van der Waals surface area contributed by atoms with Gasteiger partial charge in [-0.1, -0.05) is 54.1 Å². The summed E-state index contributed by atoms with van der Waals surface area (Å²) in [5, 5.41) is 4.53. The van der Waals surface area contributed by atoms with Gasteiger partial charge in [0, 0.05) is 23.0 Å². The number of rotatable bonds is 6. The number of halogens is 4. The number of nitrogens with zero attached hydrogens (tertiary/aromatic N) is 3. The van der Waals surface area contributed by atoms with Crippen LogP contribution >= 0.6 is 23.4 Å². The molecule has 1 fully saturated rings. The van der Waals surface area contributed by atoms with Gasteiger partial charge in [-0.2, -0.15) is 18.3 Å². The van der Waals surface area contributed by atoms with Crippen molar-refractivity contribution in [2.75, 3.05) is 6.54 Å². The highest BCUT2D eigenvalue weighted by Crippen LogP contribution is 2.35. The molecule has 5 rings (SSSR count). The first-order valence-corrected chi connectivity index (χ1v) is 12.7. The first kappa shape index (κ1) is 26.0. The smallest absolute Gasteiger partial charge is 0.322 e. The van der Waals surface area contributed by atoms with E-state index in [-0.39, 0.29) is 28.6 Å². The maximum Gasteiger partial charge on any atom is 0.416 e. The Morgan fingerprint density at radius 3 is 2.55 bits per heavy atom. The summed E-state index contributed by atoms with van der Waals surface area (Å²) in [5.74, 6) is -0.426. The van der Waals surface area contributed by atoms with Crippen molar-refractivity contribution in [1.82, 2.24) is 14.7 Å². The molecule has 1 aromatic heterocycles. The molecule has 1 saturated heterocycles. The van der Waals surface area contributed by atoms with Crippen LogP contribution in [0.25, 0.3) is 17.0 Å². The molecule has 4 aromatic rings. The van der Waals surface area contributed by atoms with Gasteiger partial charge in [-0.15, -0.1) is 0 Å². The number of hydrogen-bond acceptors (Lipinski definition) is 5. The minimum atomic E-state index is -4.55. The van der Waals surface area contributed by atoms with Crippen molar-refractivity contribution in [3.8, 4) is 0 Å². The fourth-order valence-corrected chi connectivity index (χ4v) is 5.26. The van der Waals surface area contributed by atoms with Gasteiger partial charge in [0.2, 0.25) is 0 Å². The lowest BCUT2D eigenvalue weighted by Gasteiger charge is -2.18. The monoisotopic (exact) mass is 556 g/mol. The van der Waals surface area contributed by atoms with E-state index in [1.165, 1.54) is 16.8 Å². The van der Waals surface area contributed by atoms with Crippen LogP contribution in [0.2, 0.25) is 5.02 Å². The number of benzene rings is 3. The zero-order chi connectivity index (χ0) is 27.0. The number of thioether (sulfide) groups is 1. The lowest BCUT2D eigenvalue weighted by atomic mass is 10.1. The van der Waals surface area contributed by atoms with Gasteiger partial charge in [-0.05, 0) is 58.8 Å². The molecule has 2 heterocycles. The van der Waals surface area contributed by atoms with Crippen molar-refractivity contribution >= 4 is 51.5 Å². The number of hydrogen-bond donors (Lipinski definition) is 1. The van der Waals surface area contributed by atoms with Crippen LogP contribution in [0.4, 0.5) is 18.0 Å². The third-order valence-electron chi connectivity index (χ3n) is 6.14. The Hall–Kier alpha value is -3.60. The predicted molar refractivity (Wildman–Crippen MR) is 141 cm³/mol. The molecule has 11 heteroatoms. The molecule has 0 spiro atoms. The van der Waals surface area contributed by atoms with Gasteiger partial charge in [0.1, 0.15) is 0 Å². The van der Waals surface area contributed by atoms with Gasteiger partial charge in [0.15, 0.2) is 0 Å². The Balaban J connectivity index is 1.36. The minimum absolute atomic E-state index is 0.00232. The van der Waals surface area contributed by atoms with Gasteiger partial charge in [0.05, 0.1) is 28.7 Å². The number of aromatic nitrogens is 2. The molecule has 0 unspecified atom stereocenters. The summed E-state index contributed by atoms with van der Waals surface area (Å²) in [6, 6.07) is 17.6. The van der Waals surface area contributed by atoms with Crippen LogP contribution in [-0.4, -0.2) is 32.4 Å². The zero-order valence-corrected chi connectivity index (χ0v) is 21.2. The molecule has 1 aliphatic heterocycles. The first-order valence-electron chi connectivity index (χ1n) is 11.5. The molecule has 2 N–H and O–H groups in total. The van der Waals surface area contributed by atoms with E-state index in [1.54, 1.807) is 30.5 Å². The molecule has 1 aliphatic rings. The van der Waals surface area contributed by atoms with Gasteiger partial charge < -0.3 is 5.73 Å². The van der Waals surface area contributed by atoms with Gasteiger partial charge in [0.25, 0.3) is 11.1 Å². The molecule has 0 aliphatic carbocycles. The summed E-state index contributed by atoms with van der Waals surface area (Å²) in [7, 11) is 0. The number of carbonyl (C=O) groups excluding carboxylic acids is 2. The van der Waals surface area contributed by atoms with Crippen LogP contribution in [0.5, 0.6) is 0 Å². The molecule has 3 aromatic carbocycles. The van der Waals surface area contributed by atoms with Crippen molar-refractivity contribution in [2.45, 2.75) is 18.8 Å². The zero-order valence-electron chi connectivity index (χ0n) is 19.7. The summed E-state index contributed by atoms with van der Waals surface area (Å²) in [5.41, 5.74) is 7.52. The van der Waals surface area contributed by atoms with E-state index in [0.717, 1.165) is 28.3 Å². The fraction of sp³-hybridized carbons (Fsp3) is 0.148. The molecule has 38 heavy (non-hydrogen) atoms. The van der Waals surface area contributed by atoms with E-state index in [1.807, 2.05) is 30.3 Å². The van der Waals surface area contributed by atoms with Gasteiger partial charge in [-0.25, -0.2) is 0 Å². The second-order valence-electron chi connectivity index (χ2n) is 8.73. The number of nitrogens with two attached hydrogens (primary N) is 1. The molecular formula is C27H20ClF3N4O2S. The van der Waals surface area contributed by atoms with Crippen molar-refractivity contribution in [3.63, 3.8) is 0 Å². The van der Waals surface area contributed by atoms with Crippen molar-refractivity contribution in [1.29, 1.82) is 0 Å². The Labute approximate surface area is 224 Å². The van der Waals surface area contributed by atoms with Crippen LogP contribution in [0, 0.1) is 0 Å². The van der Waals surface area contributed by atoms with Crippen molar-refractivity contribution < 1.29 is 22.8 Å². The number of alkyl halides is 3. The minimum Gasteiger partial charge on any atom is -0.322 e. The number of fused-ring (bicyclic) bond motifs is 1. The second-order valence-corrected chi connectivity index (χ2v) is 10.2. The number of carbonyl (C=O) groups is 2. The fourth-order valence-electron chi connectivity index (χ4n) is 4.24. The molecule has 0 saturated carbocycles. The van der Waals surface area contributed by atoms with E-state index in [0.29, 0.717) is 16.5 Å². The van der Waals surface area contributed by atoms with E-state index in [2.05, 4.69) is 5.10 Å². The molecule has 0 radical (unpaired) electrons. The Bertz CT molecular complexity index is 1570. The molecule has 194 valence electrons. The summed E-state index contributed by atoms with van der Waals surface area (Å²) in [6.07, 6.45) is -1.40. The van der Waals surface area contributed by atoms with Crippen molar-refractivity contribution in [2.24, 2.45) is 5.73 Å². The number of imide groups is 1. The molecule has 0 bridgehead atoms. The summed E-state index contributed by atoms with van der Waals surface area (Å²) in [6.45, 7) is -0.0438. The SMILES string of the molecule is N[C@H](CN1C(=O)S/C(=C\c2ccc3c(cnn3Cc3ccc(Cl)cc3C(F)(F)F)c2)C1=O)c1ccccc1. The highest BCUT2D eigenvalue weighted by Gasteiger charge is 2.36. The van der Waals surface area contributed by atoms with Crippen LogP contribution in [0.1, 0.15) is 28.3 Å². The maximum atomic E-state index is 13.5. The second kappa shape index (κ2) is 10.3. The Morgan fingerprint density at radius 2 is 1.82 bits per heavy atom. The van der Waals surface area contributed by atoms with Crippen LogP contribution in [0.3, 0.4) is 0 Å². The maximum absolute atomic E-state index is 13.5. The highest BCUT2D eigenvalue weighted by molar-refractivity contribution is 8.18. The van der Waals surface area contributed by atoms with E-state index >= 15 is 0 Å². The third kappa shape index (κ3) is 5.33. The lowest BCUT2D eigenvalue weighted by Crippen LogP contribution is -2.35. The first-order chi connectivity index (χ1) is 18.1. The molecule has 1 atom stereocenters. The summed E-state index contributed by atoms with van der Waals surface area (Å²) < 4.78 is 42.0. The Kier molecular flexibility index (Phi) is 7.04. The summed E-state index contributed by atoms with van der Waals surface area (Å²) in [4.78, 5) is 26.9. The van der Waals surface area contributed by atoms with E-state index in [9.17, 15) is 22.8 Å². The number of amides is 2. The third-order valence-corrected chi connectivity index (χ3v) is 7.28.